The molecule has 0 unspecified atom stereocenters. The van der Waals surface area contributed by atoms with Crippen molar-refractivity contribution in [3.8, 4) is 0 Å². The van der Waals surface area contributed by atoms with Gasteiger partial charge in [-0.1, -0.05) is 97.4 Å². The number of carbonyl (C=O) groups excluding carboxylic acids is 2. The summed E-state index contributed by atoms with van der Waals surface area (Å²) in [5, 5.41) is 3.03. The third kappa shape index (κ3) is 8.91. The number of rotatable bonds is 13. The van der Waals surface area contributed by atoms with E-state index in [1.807, 2.05) is 74.5 Å². The number of aryl methyl sites for hydroxylation is 1. The maximum Gasteiger partial charge on any atom is 0.243 e. The second-order valence-electron chi connectivity index (χ2n) is 8.79. The van der Waals surface area contributed by atoms with Crippen molar-refractivity contribution in [2.45, 2.75) is 51.4 Å². The van der Waals surface area contributed by atoms with E-state index in [1.165, 1.54) is 11.1 Å². The van der Waals surface area contributed by atoms with E-state index in [1.54, 1.807) is 16.7 Å². The van der Waals surface area contributed by atoms with Crippen LogP contribution in [0.5, 0.6) is 0 Å². The number of carbonyl (C=O) groups is 2. The van der Waals surface area contributed by atoms with Gasteiger partial charge in [-0.25, -0.2) is 0 Å². The van der Waals surface area contributed by atoms with Crippen molar-refractivity contribution in [1.29, 1.82) is 0 Å². The lowest BCUT2D eigenvalue weighted by Crippen LogP contribution is -2.50. The molecular formula is C30H36N2O2S. The molecule has 35 heavy (non-hydrogen) atoms. The highest BCUT2D eigenvalue weighted by molar-refractivity contribution is 7.98. The summed E-state index contributed by atoms with van der Waals surface area (Å²) in [5.74, 6) is 1.51. The third-order valence-corrected chi connectivity index (χ3v) is 6.90. The Kier molecular flexibility index (Phi) is 10.9. The number of hydrogen-bond acceptors (Lipinski definition) is 3. The molecule has 0 bridgehead atoms. The fourth-order valence-corrected chi connectivity index (χ4v) is 4.77. The molecule has 2 amide bonds. The smallest absolute Gasteiger partial charge is 0.243 e. The highest BCUT2D eigenvalue weighted by atomic mass is 32.2. The first-order chi connectivity index (χ1) is 17.1. The van der Waals surface area contributed by atoms with E-state index >= 15 is 0 Å². The number of hydrogen-bond donors (Lipinski definition) is 1. The lowest BCUT2D eigenvalue weighted by atomic mass is 10.0. The first-order valence-electron chi connectivity index (χ1n) is 12.3. The number of benzene rings is 3. The van der Waals surface area contributed by atoms with Gasteiger partial charge < -0.3 is 10.2 Å². The fraction of sp³-hybridized carbons (Fsp3) is 0.333. The molecule has 3 aromatic carbocycles. The largest absolute Gasteiger partial charge is 0.354 e. The van der Waals surface area contributed by atoms with Crippen LogP contribution in [0, 0.1) is 6.92 Å². The van der Waals surface area contributed by atoms with Crippen LogP contribution in [0.1, 0.15) is 42.0 Å². The van der Waals surface area contributed by atoms with Crippen molar-refractivity contribution in [2.75, 3.05) is 12.3 Å². The second kappa shape index (κ2) is 14.4. The Morgan fingerprint density at radius 2 is 1.49 bits per heavy atom. The normalized spacial score (nSPS) is 11.6. The van der Waals surface area contributed by atoms with E-state index in [0.29, 0.717) is 31.7 Å². The Balaban J connectivity index is 1.77. The van der Waals surface area contributed by atoms with E-state index in [2.05, 4.69) is 29.6 Å². The average Bonchev–Trinajstić information content (AvgIpc) is 2.89. The zero-order valence-electron chi connectivity index (χ0n) is 20.8. The molecule has 3 rings (SSSR count). The van der Waals surface area contributed by atoms with E-state index in [0.717, 1.165) is 23.3 Å². The van der Waals surface area contributed by atoms with Crippen molar-refractivity contribution < 1.29 is 9.59 Å². The Morgan fingerprint density at radius 1 is 0.857 bits per heavy atom. The van der Waals surface area contributed by atoms with Gasteiger partial charge in [-0.3, -0.25) is 9.59 Å². The summed E-state index contributed by atoms with van der Waals surface area (Å²) in [6, 6.07) is 27.9. The van der Waals surface area contributed by atoms with E-state index < -0.39 is 6.04 Å². The van der Waals surface area contributed by atoms with E-state index in [-0.39, 0.29) is 11.8 Å². The monoisotopic (exact) mass is 488 g/mol. The summed E-state index contributed by atoms with van der Waals surface area (Å²) in [6.45, 7) is 5.10. The van der Waals surface area contributed by atoms with Crippen molar-refractivity contribution in [3.63, 3.8) is 0 Å². The van der Waals surface area contributed by atoms with Gasteiger partial charge >= 0.3 is 0 Å². The molecule has 4 nitrogen and oxygen atoms in total. The van der Waals surface area contributed by atoms with Gasteiger partial charge in [0.1, 0.15) is 6.04 Å². The highest BCUT2D eigenvalue weighted by Crippen LogP contribution is 2.19. The zero-order valence-corrected chi connectivity index (χ0v) is 21.6. The van der Waals surface area contributed by atoms with Crippen LogP contribution in [0.15, 0.2) is 84.9 Å². The molecule has 5 heteroatoms. The van der Waals surface area contributed by atoms with Crippen molar-refractivity contribution in [3.05, 3.63) is 107 Å². The SMILES string of the molecule is CCCNC(=O)[C@H](Cc1ccccc1)N(Cc1ccc(C)cc1)C(=O)CCSCc1ccccc1. The predicted molar refractivity (Wildman–Crippen MR) is 146 cm³/mol. The molecular weight excluding hydrogens is 452 g/mol. The fourth-order valence-electron chi connectivity index (χ4n) is 3.88. The first kappa shape index (κ1) is 26.6. The summed E-state index contributed by atoms with van der Waals surface area (Å²) >= 11 is 1.75. The number of thioether (sulfide) groups is 1. The van der Waals surface area contributed by atoms with Crippen LogP contribution in [-0.2, 0) is 28.3 Å². The zero-order chi connectivity index (χ0) is 24.9. The van der Waals surface area contributed by atoms with Crippen LogP contribution in [0.2, 0.25) is 0 Å². The van der Waals surface area contributed by atoms with Crippen LogP contribution in [0.3, 0.4) is 0 Å². The third-order valence-electron chi connectivity index (χ3n) is 5.87. The van der Waals surface area contributed by atoms with Crippen molar-refractivity contribution in [1.82, 2.24) is 10.2 Å². The van der Waals surface area contributed by atoms with Crippen LogP contribution >= 0.6 is 11.8 Å². The van der Waals surface area contributed by atoms with Gasteiger partial charge in [0, 0.05) is 37.4 Å². The molecule has 0 fully saturated rings. The van der Waals surface area contributed by atoms with Gasteiger partial charge in [0.25, 0.3) is 0 Å². The maximum atomic E-state index is 13.6. The molecule has 0 aromatic heterocycles. The van der Waals surface area contributed by atoms with Crippen molar-refractivity contribution >= 4 is 23.6 Å². The van der Waals surface area contributed by atoms with Crippen LogP contribution in [-0.4, -0.2) is 35.1 Å². The predicted octanol–water partition coefficient (Wildman–Crippen LogP) is 5.78. The molecule has 0 aliphatic heterocycles. The average molecular weight is 489 g/mol. The van der Waals surface area contributed by atoms with Gasteiger partial charge in [-0.15, -0.1) is 0 Å². The van der Waals surface area contributed by atoms with Gasteiger partial charge in [0.05, 0.1) is 0 Å². The number of nitrogens with one attached hydrogen (secondary N) is 1. The van der Waals surface area contributed by atoms with E-state index in [4.69, 9.17) is 0 Å². The lowest BCUT2D eigenvalue weighted by Gasteiger charge is -2.31. The molecule has 0 saturated heterocycles. The molecule has 3 aromatic rings. The van der Waals surface area contributed by atoms with Gasteiger partial charge in [-0.2, -0.15) is 11.8 Å². The first-order valence-corrected chi connectivity index (χ1v) is 13.5. The Labute approximate surface area is 214 Å². The molecule has 0 saturated carbocycles. The Hall–Kier alpha value is -3.05. The highest BCUT2D eigenvalue weighted by Gasteiger charge is 2.29. The standard InChI is InChI=1S/C30H36N2O2S/c1-3-19-31-30(34)28(21-25-10-6-4-7-11-25)32(22-26-16-14-24(2)15-17-26)29(33)18-20-35-23-27-12-8-5-9-13-27/h4-17,28H,3,18-23H2,1-2H3,(H,31,34)/t28-/m0/s1. The van der Waals surface area contributed by atoms with Crippen LogP contribution < -0.4 is 5.32 Å². The minimum Gasteiger partial charge on any atom is -0.354 e. The Morgan fingerprint density at radius 3 is 2.11 bits per heavy atom. The van der Waals surface area contributed by atoms with Crippen molar-refractivity contribution in [2.24, 2.45) is 0 Å². The topological polar surface area (TPSA) is 49.4 Å². The van der Waals surface area contributed by atoms with Crippen LogP contribution in [0.25, 0.3) is 0 Å². The summed E-state index contributed by atoms with van der Waals surface area (Å²) in [6.07, 6.45) is 1.74. The van der Waals surface area contributed by atoms with Crippen LogP contribution in [0.4, 0.5) is 0 Å². The summed E-state index contributed by atoms with van der Waals surface area (Å²) in [7, 11) is 0. The Bertz CT molecular complexity index is 1040. The van der Waals surface area contributed by atoms with Gasteiger partial charge in [-0.05, 0) is 30.0 Å². The molecule has 0 heterocycles. The van der Waals surface area contributed by atoms with Gasteiger partial charge in [0.15, 0.2) is 0 Å². The quantitative estimate of drug-likeness (QED) is 0.310. The van der Waals surface area contributed by atoms with Gasteiger partial charge in [0.2, 0.25) is 11.8 Å². The minimum atomic E-state index is -0.558. The second-order valence-corrected chi connectivity index (χ2v) is 9.90. The summed E-state index contributed by atoms with van der Waals surface area (Å²) in [5.41, 5.74) is 4.50. The molecule has 1 N–H and O–H groups in total. The minimum absolute atomic E-state index is 0.0127. The lowest BCUT2D eigenvalue weighted by molar-refractivity contribution is -0.141. The molecule has 0 aliphatic carbocycles. The summed E-state index contributed by atoms with van der Waals surface area (Å²) < 4.78 is 0. The van der Waals surface area contributed by atoms with E-state index in [9.17, 15) is 9.59 Å². The maximum absolute atomic E-state index is 13.6. The summed E-state index contributed by atoms with van der Waals surface area (Å²) in [4.78, 5) is 28.7. The molecule has 0 radical (unpaired) electrons. The molecule has 1 atom stereocenters. The molecule has 0 spiro atoms. The molecule has 0 aliphatic rings. The molecule has 184 valence electrons. The number of amides is 2. The number of nitrogens with zero attached hydrogens (tertiary/aromatic N) is 1.